The summed E-state index contributed by atoms with van der Waals surface area (Å²) in [5.74, 6) is 1.69. The van der Waals surface area contributed by atoms with E-state index in [4.69, 9.17) is 4.74 Å². The standard InChI is InChI=1S/C14H30N2O/c1-13(2)12-16(10-11-17-3)9-6-14-4-7-15-8-5-14/h13-15H,4-12H2,1-3H3. The van der Waals surface area contributed by atoms with Gasteiger partial charge in [0, 0.05) is 20.2 Å². The van der Waals surface area contributed by atoms with E-state index in [0.717, 1.165) is 25.0 Å². The Labute approximate surface area is 107 Å². The summed E-state index contributed by atoms with van der Waals surface area (Å²) in [4.78, 5) is 2.57. The summed E-state index contributed by atoms with van der Waals surface area (Å²) in [6.07, 6.45) is 4.08. The maximum atomic E-state index is 5.19. The van der Waals surface area contributed by atoms with Crippen molar-refractivity contribution in [1.29, 1.82) is 0 Å². The Balaban J connectivity index is 2.21. The molecule has 3 heteroatoms. The molecule has 1 fully saturated rings. The van der Waals surface area contributed by atoms with Gasteiger partial charge in [0.05, 0.1) is 6.61 Å². The van der Waals surface area contributed by atoms with Crippen molar-refractivity contribution in [3.8, 4) is 0 Å². The maximum absolute atomic E-state index is 5.19. The van der Waals surface area contributed by atoms with Gasteiger partial charge >= 0.3 is 0 Å². The smallest absolute Gasteiger partial charge is 0.0589 e. The highest BCUT2D eigenvalue weighted by Gasteiger charge is 2.15. The second kappa shape index (κ2) is 8.90. The van der Waals surface area contributed by atoms with E-state index < -0.39 is 0 Å². The van der Waals surface area contributed by atoms with Crippen LogP contribution in [0.5, 0.6) is 0 Å². The van der Waals surface area contributed by atoms with E-state index in [-0.39, 0.29) is 0 Å². The summed E-state index contributed by atoms with van der Waals surface area (Å²) in [5, 5.41) is 3.44. The van der Waals surface area contributed by atoms with Crippen LogP contribution in [0.1, 0.15) is 33.1 Å². The minimum Gasteiger partial charge on any atom is -0.383 e. The molecule has 0 amide bonds. The molecule has 0 atom stereocenters. The van der Waals surface area contributed by atoms with Gasteiger partial charge in [-0.1, -0.05) is 13.8 Å². The van der Waals surface area contributed by atoms with Crippen molar-refractivity contribution >= 4 is 0 Å². The van der Waals surface area contributed by atoms with Gasteiger partial charge in [-0.15, -0.1) is 0 Å². The van der Waals surface area contributed by atoms with Crippen LogP contribution in [0.4, 0.5) is 0 Å². The van der Waals surface area contributed by atoms with Gasteiger partial charge in [-0.05, 0) is 50.7 Å². The lowest BCUT2D eigenvalue weighted by Gasteiger charge is -2.28. The van der Waals surface area contributed by atoms with Crippen molar-refractivity contribution < 1.29 is 4.74 Å². The number of hydrogen-bond acceptors (Lipinski definition) is 3. The predicted molar refractivity (Wildman–Crippen MR) is 73.4 cm³/mol. The lowest BCUT2D eigenvalue weighted by Crippen LogP contribution is -2.35. The number of ether oxygens (including phenoxy) is 1. The van der Waals surface area contributed by atoms with Crippen LogP contribution in [0.2, 0.25) is 0 Å². The summed E-state index contributed by atoms with van der Waals surface area (Å²) in [5.41, 5.74) is 0. The zero-order valence-electron chi connectivity index (χ0n) is 11.9. The highest BCUT2D eigenvalue weighted by atomic mass is 16.5. The molecular weight excluding hydrogens is 212 g/mol. The summed E-state index contributed by atoms with van der Waals surface area (Å²) in [6, 6.07) is 0. The SMILES string of the molecule is COCCN(CCC1CCNCC1)CC(C)C. The first-order chi connectivity index (χ1) is 8.22. The molecule has 0 bridgehead atoms. The van der Waals surface area contributed by atoms with Gasteiger partial charge in [0.15, 0.2) is 0 Å². The van der Waals surface area contributed by atoms with Crippen LogP contribution in [0, 0.1) is 11.8 Å². The molecule has 0 saturated carbocycles. The van der Waals surface area contributed by atoms with Gasteiger partial charge in [0.2, 0.25) is 0 Å². The molecule has 0 radical (unpaired) electrons. The van der Waals surface area contributed by atoms with Crippen LogP contribution in [0.25, 0.3) is 0 Å². The molecule has 0 unspecified atom stereocenters. The first-order valence-corrected chi connectivity index (χ1v) is 7.14. The molecular formula is C14H30N2O. The minimum atomic E-state index is 0.750. The lowest BCUT2D eigenvalue weighted by molar-refractivity contribution is 0.133. The van der Waals surface area contributed by atoms with E-state index in [1.807, 2.05) is 0 Å². The van der Waals surface area contributed by atoms with Gasteiger partial charge in [0.1, 0.15) is 0 Å². The topological polar surface area (TPSA) is 24.5 Å². The van der Waals surface area contributed by atoms with Crippen LogP contribution >= 0.6 is 0 Å². The Hall–Kier alpha value is -0.120. The fourth-order valence-corrected chi connectivity index (χ4v) is 2.57. The van der Waals surface area contributed by atoms with Gasteiger partial charge < -0.3 is 15.0 Å². The number of rotatable bonds is 8. The fourth-order valence-electron chi connectivity index (χ4n) is 2.57. The van der Waals surface area contributed by atoms with Crippen LogP contribution in [0.3, 0.4) is 0 Å². The van der Waals surface area contributed by atoms with Gasteiger partial charge in [0.25, 0.3) is 0 Å². The van der Waals surface area contributed by atoms with E-state index >= 15 is 0 Å². The molecule has 1 saturated heterocycles. The summed E-state index contributed by atoms with van der Waals surface area (Å²) < 4.78 is 5.19. The number of nitrogens with one attached hydrogen (secondary N) is 1. The Morgan fingerprint density at radius 1 is 1.24 bits per heavy atom. The highest BCUT2D eigenvalue weighted by Crippen LogP contribution is 2.16. The van der Waals surface area contributed by atoms with Gasteiger partial charge in [-0.2, -0.15) is 0 Å². The number of piperidine rings is 1. The largest absolute Gasteiger partial charge is 0.383 e. The van der Waals surface area contributed by atoms with Crippen molar-refractivity contribution in [2.24, 2.45) is 11.8 Å². The zero-order chi connectivity index (χ0) is 12.5. The quantitative estimate of drug-likeness (QED) is 0.704. The summed E-state index contributed by atoms with van der Waals surface area (Å²) in [7, 11) is 1.79. The van der Waals surface area contributed by atoms with Crippen LogP contribution in [-0.4, -0.2) is 51.3 Å². The highest BCUT2D eigenvalue weighted by molar-refractivity contribution is 4.71. The first-order valence-electron chi connectivity index (χ1n) is 7.14. The van der Waals surface area contributed by atoms with Crippen LogP contribution < -0.4 is 5.32 Å². The average molecular weight is 242 g/mol. The summed E-state index contributed by atoms with van der Waals surface area (Å²) >= 11 is 0. The zero-order valence-corrected chi connectivity index (χ0v) is 11.9. The predicted octanol–water partition coefficient (Wildman–Crippen LogP) is 1.98. The lowest BCUT2D eigenvalue weighted by atomic mass is 9.94. The number of methoxy groups -OCH3 is 1. The average Bonchev–Trinajstić information content (AvgIpc) is 2.33. The molecule has 1 aliphatic rings. The molecule has 1 heterocycles. The van der Waals surface area contributed by atoms with E-state index in [2.05, 4.69) is 24.1 Å². The molecule has 17 heavy (non-hydrogen) atoms. The molecule has 1 rings (SSSR count). The molecule has 1 aliphatic heterocycles. The molecule has 0 aromatic carbocycles. The number of hydrogen-bond donors (Lipinski definition) is 1. The van der Waals surface area contributed by atoms with E-state index in [9.17, 15) is 0 Å². The van der Waals surface area contributed by atoms with Crippen LogP contribution in [0.15, 0.2) is 0 Å². The molecule has 3 nitrogen and oxygen atoms in total. The van der Waals surface area contributed by atoms with Crippen molar-refractivity contribution in [2.45, 2.75) is 33.1 Å². The fraction of sp³-hybridized carbons (Fsp3) is 1.00. The second-order valence-electron chi connectivity index (χ2n) is 5.67. The van der Waals surface area contributed by atoms with Crippen molar-refractivity contribution in [1.82, 2.24) is 10.2 Å². The third kappa shape index (κ3) is 7.02. The molecule has 1 N–H and O–H groups in total. The third-order valence-corrected chi connectivity index (χ3v) is 3.55. The third-order valence-electron chi connectivity index (χ3n) is 3.55. The summed E-state index contributed by atoms with van der Waals surface area (Å²) in [6.45, 7) is 11.4. The van der Waals surface area contributed by atoms with Crippen molar-refractivity contribution in [3.63, 3.8) is 0 Å². The minimum absolute atomic E-state index is 0.750. The molecule has 0 spiro atoms. The Morgan fingerprint density at radius 2 is 1.94 bits per heavy atom. The molecule has 0 aromatic heterocycles. The van der Waals surface area contributed by atoms with E-state index in [1.54, 1.807) is 7.11 Å². The molecule has 0 aliphatic carbocycles. The van der Waals surface area contributed by atoms with E-state index in [1.165, 1.54) is 45.4 Å². The van der Waals surface area contributed by atoms with Crippen LogP contribution in [-0.2, 0) is 4.74 Å². The Morgan fingerprint density at radius 3 is 2.53 bits per heavy atom. The molecule has 102 valence electrons. The maximum Gasteiger partial charge on any atom is 0.0589 e. The van der Waals surface area contributed by atoms with Gasteiger partial charge in [-0.3, -0.25) is 0 Å². The Bertz CT molecular complexity index is 179. The molecule has 0 aromatic rings. The van der Waals surface area contributed by atoms with Gasteiger partial charge in [-0.25, -0.2) is 0 Å². The monoisotopic (exact) mass is 242 g/mol. The normalized spacial score (nSPS) is 18.2. The van der Waals surface area contributed by atoms with Crippen molar-refractivity contribution in [3.05, 3.63) is 0 Å². The van der Waals surface area contributed by atoms with E-state index in [0.29, 0.717) is 0 Å². The Kier molecular flexibility index (Phi) is 7.82. The second-order valence-corrected chi connectivity index (χ2v) is 5.67. The number of nitrogens with zero attached hydrogens (tertiary/aromatic N) is 1. The first kappa shape index (κ1) is 14.9. The van der Waals surface area contributed by atoms with Crippen molar-refractivity contribution in [2.75, 3.05) is 46.4 Å².